The second kappa shape index (κ2) is 9.42. The van der Waals surface area contributed by atoms with E-state index in [0.717, 1.165) is 38.5 Å². The van der Waals surface area contributed by atoms with Crippen molar-refractivity contribution in [2.45, 2.75) is 117 Å². The molecule has 8 atom stereocenters. The van der Waals surface area contributed by atoms with E-state index >= 15 is 0 Å². The predicted molar refractivity (Wildman–Crippen MR) is 158 cm³/mol. The molecule has 2 N–H and O–H groups in total. The van der Waals surface area contributed by atoms with Crippen LogP contribution in [-0.4, -0.2) is 34.5 Å². The van der Waals surface area contributed by atoms with Crippen LogP contribution in [0.25, 0.3) is 0 Å². The first kappa shape index (κ1) is 27.8. The van der Waals surface area contributed by atoms with Gasteiger partial charge in [0.1, 0.15) is 5.60 Å². The molecule has 1 aromatic carbocycles. The number of fused-ring (bicyclic) bond motifs is 5. The number of rotatable bonds is 2. The van der Waals surface area contributed by atoms with Crippen LogP contribution in [0, 0.1) is 46.3 Å². The van der Waals surface area contributed by atoms with Crippen LogP contribution in [0.2, 0.25) is 0 Å². The summed E-state index contributed by atoms with van der Waals surface area (Å²) in [7, 11) is 2.18. The van der Waals surface area contributed by atoms with Gasteiger partial charge in [-0.3, -0.25) is 0 Å². The SMILES string of the molecule is CN(c1ccc([C@H]2C[C@@]3(C)[C@@H](CC[C@@]3(O)C#CC(C)(C)C)[C@@H]3CCC4=CC(O)CC[C@@H]4[C@H]32)cc1)C(C)(C)C. The third-order valence-corrected chi connectivity index (χ3v) is 10.9. The van der Waals surface area contributed by atoms with Crippen LogP contribution < -0.4 is 4.90 Å². The van der Waals surface area contributed by atoms with Crippen molar-refractivity contribution < 1.29 is 10.2 Å². The number of benzene rings is 1. The molecule has 5 rings (SSSR count). The van der Waals surface area contributed by atoms with Crippen LogP contribution in [-0.2, 0) is 0 Å². The summed E-state index contributed by atoms with van der Waals surface area (Å²) in [6.07, 6.45) is 8.99. The Kier molecular flexibility index (Phi) is 6.89. The fourth-order valence-electron chi connectivity index (χ4n) is 8.61. The summed E-state index contributed by atoms with van der Waals surface area (Å²) in [5, 5.41) is 22.6. The van der Waals surface area contributed by atoms with Crippen molar-refractivity contribution in [3.63, 3.8) is 0 Å². The lowest BCUT2D eigenvalue weighted by Crippen LogP contribution is -2.54. The number of hydrogen-bond donors (Lipinski definition) is 2. The van der Waals surface area contributed by atoms with Gasteiger partial charge in [0.15, 0.2) is 0 Å². The minimum atomic E-state index is -0.931. The normalized spacial score (nSPS) is 38.7. The highest BCUT2D eigenvalue weighted by Crippen LogP contribution is 2.68. The summed E-state index contributed by atoms with van der Waals surface area (Å²) >= 11 is 0. The van der Waals surface area contributed by atoms with Crippen molar-refractivity contribution in [3.8, 4) is 11.8 Å². The molecule has 208 valence electrons. The Labute approximate surface area is 232 Å². The van der Waals surface area contributed by atoms with E-state index < -0.39 is 5.60 Å². The van der Waals surface area contributed by atoms with Gasteiger partial charge in [-0.2, -0.15) is 0 Å². The highest BCUT2D eigenvalue weighted by molar-refractivity contribution is 5.50. The Balaban J connectivity index is 1.57. The number of aliphatic hydroxyl groups is 2. The molecule has 0 bridgehead atoms. The molecule has 1 unspecified atom stereocenters. The lowest BCUT2D eigenvalue weighted by molar-refractivity contribution is -0.0966. The highest BCUT2D eigenvalue weighted by Gasteiger charge is 2.64. The van der Waals surface area contributed by atoms with Gasteiger partial charge in [0.2, 0.25) is 0 Å². The molecule has 4 aliphatic carbocycles. The zero-order valence-corrected chi connectivity index (χ0v) is 25.1. The second-order valence-corrected chi connectivity index (χ2v) is 15.3. The van der Waals surface area contributed by atoms with Gasteiger partial charge in [0.05, 0.1) is 6.10 Å². The largest absolute Gasteiger partial charge is 0.389 e. The third-order valence-electron chi connectivity index (χ3n) is 10.9. The van der Waals surface area contributed by atoms with Crippen molar-refractivity contribution in [2.24, 2.45) is 34.5 Å². The molecular formula is C35H51NO2. The summed E-state index contributed by atoms with van der Waals surface area (Å²) in [6, 6.07) is 9.34. The van der Waals surface area contributed by atoms with Crippen molar-refractivity contribution in [1.82, 2.24) is 0 Å². The van der Waals surface area contributed by atoms with E-state index in [2.05, 4.69) is 103 Å². The first-order chi connectivity index (χ1) is 17.6. The van der Waals surface area contributed by atoms with Crippen molar-refractivity contribution in [2.75, 3.05) is 11.9 Å². The van der Waals surface area contributed by atoms with Gasteiger partial charge in [0, 0.05) is 29.1 Å². The summed E-state index contributed by atoms with van der Waals surface area (Å²) < 4.78 is 0. The summed E-state index contributed by atoms with van der Waals surface area (Å²) in [6.45, 7) is 15.5. The second-order valence-electron chi connectivity index (χ2n) is 15.3. The van der Waals surface area contributed by atoms with Gasteiger partial charge in [-0.1, -0.05) is 42.5 Å². The monoisotopic (exact) mass is 517 g/mol. The molecule has 3 saturated carbocycles. The van der Waals surface area contributed by atoms with Crippen LogP contribution in [0.5, 0.6) is 0 Å². The topological polar surface area (TPSA) is 43.7 Å². The molecule has 0 aliphatic heterocycles. The zero-order chi connectivity index (χ0) is 27.7. The van der Waals surface area contributed by atoms with E-state index in [1.807, 2.05) is 0 Å². The Morgan fingerprint density at radius 3 is 2.26 bits per heavy atom. The fraction of sp³-hybridized carbons (Fsp3) is 0.714. The van der Waals surface area contributed by atoms with Gasteiger partial charge >= 0.3 is 0 Å². The van der Waals surface area contributed by atoms with Crippen molar-refractivity contribution in [3.05, 3.63) is 41.5 Å². The molecule has 1 aromatic rings. The number of anilines is 1. The minimum Gasteiger partial charge on any atom is -0.389 e. The Hall–Kier alpha value is -1.76. The smallest absolute Gasteiger partial charge is 0.131 e. The number of aliphatic hydroxyl groups excluding tert-OH is 1. The van der Waals surface area contributed by atoms with Crippen LogP contribution in [0.4, 0.5) is 5.69 Å². The summed E-state index contributed by atoms with van der Waals surface area (Å²) in [5.41, 5.74) is 2.96. The van der Waals surface area contributed by atoms with E-state index in [9.17, 15) is 10.2 Å². The Morgan fingerprint density at radius 1 is 0.947 bits per heavy atom. The first-order valence-electron chi connectivity index (χ1n) is 15.1. The molecule has 3 heteroatoms. The quantitative estimate of drug-likeness (QED) is 0.319. The molecule has 0 aromatic heterocycles. The molecule has 3 fully saturated rings. The first-order valence-corrected chi connectivity index (χ1v) is 15.1. The van der Waals surface area contributed by atoms with E-state index in [0.29, 0.717) is 29.6 Å². The summed E-state index contributed by atoms with van der Waals surface area (Å²) in [4.78, 5) is 2.35. The molecule has 0 amide bonds. The van der Waals surface area contributed by atoms with E-state index in [1.54, 1.807) is 0 Å². The lowest BCUT2D eigenvalue weighted by Gasteiger charge is -2.58. The summed E-state index contributed by atoms with van der Waals surface area (Å²) in [5.74, 6) is 9.51. The molecule has 0 spiro atoms. The van der Waals surface area contributed by atoms with Gasteiger partial charge in [0.25, 0.3) is 0 Å². The average molecular weight is 518 g/mol. The molecular weight excluding hydrogens is 466 g/mol. The Morgan fingerprint density at radius 2 is 1.63 bits per heavy atom. The Bertz CT molecular complexity index is 1130. The van der Waals surface area contributed by atoms with Gasteiger partial charge < -0.3 is 15.1 Å². The van der Waals surface area contributed by atoms with Crippen LogP contribution in [0.1, 0.15) is 105 Å². The third kappa shape index (κ3) is 4.75. The minimum absolute atomic E-state index is 0.0657. The molecule has 0 heterocycles. The van der Waals surface area contributed by atoms with Gasteiger partial charge in [-0.25, -0.2) is 0 Å². The maximum absolute atomic E-state index is 12.2. The molecule has 0 saturated heterocycles. The highest BCUT2D eigenvalue weighted by atomic mass is 16.3. The van der Waals surface area contributed by atoms with Crippen LogP contribution in [0.15, 0.2) is 35.9 Å². The fourth-order valence-corrected chi connectivity index (χ4v) is 8.61. The van der Waals surface area contributed by atoms with Gasteiger partial charge in [-0.05, 0) is 134 Å². The number of nitrogens with zero attached hydrogens (tertiary/aromatic N) is 1. The average Bonchev–Trinajstić information content (AvgIpc) is 3.11. The molecule has 3 nitrogen and oxygen atoms in total. The van der Waals surface area contributed by atoms with Crippen molar-refractivity contribution >= 4 is 5.69 Å². The maximum Gasteiger partial charge on any atom is 0.131 e. The predicted octanol–water partition coefficient (Wildman–Crippen LogP) is 7.33. The standard InChI is InChI=1S/C35H51NO2/c1-32(2,3)19-20-35(38)18-17-30-28-15-11-24-21-26(37)14-16-27(24)31(28)29(22-34(30,35)7)23-9-12-25(13-10-23)36(8)33(4,5)6/h9-10,12-13,21,26-31,37-38H,11,14-18,22H2,1-8H3/t26?,27-,28-,29+,30-,31+,34-,35+/m0/s1. The van der Waals surface area contributed by atoms with Crippen molar-refractivity contribution in [1.29, 1.82) is 0 Å². The lowest BCUT2D eigenvalue weighted by atomic mass is 9.46. The van der Waals surface area contributed by atoms with Crippen LogP contribution in [0.3, 0.4) is 0 Å². The van der Waals surface area contributed by atoms with E-state index in [-0.39, 0.29) is 22.5 Å². The van der Waals surface area contributed by atoms with Crippen LogP contribution >= 0.6 is 0 Å². The number of allylic oxidation sites excluding steroid dienone is 1. The molecule has 38 heavy (non-hydrogen) atoms. The number of hydrogen-bond acceptors (Lipinski definition) is 3. The van der Waals surface area contributed by atoms with Gasteiger partial charge in [-0.15, -0.1) is 0 Å². The zero-order valence-electron chi connectivity index (χ0n) is 25.1. The molecule has 0 radical (unpaired) electrons. The maximum atomic E-state index is 12.2. The van der Waals surface area contributed by atoms with E-state index in [4.69, 9.17) is 0 Å². The van der Waals surface area contributed by atoms with E-state index in [1.165, 1.54) is 23.2 Å². The molecule has 4 aliphatic rings.